The Morgan fingerprint density at radius 2 is 1.41 bits per heavy atom. The van der Waals surface area contributed by atoms with Crippen molar-refractivity contribution in [2.45, 2.75) is 0 Å². The van der Waals surface area contributed by atoms with Crippen molar-refractivity contribution >= 4 is 75.3 Å². The lowest BCUT2D eigenvalue weighted by molar-refractivity contribution is 0.614. The van der Waals surface area contributed by atoms with E-state index in [0.29, 0.717) is 11.5 Å². The summed E-state index contributed by atoms with van der Waals surface area (Å²) in [6, 6.07) is 42.6. The standard InChI is InChI=1S/C38H22N4OS/c1-2-9-23(10-3-1)41-21-19-28-31(41)18-17-26-24-11-4-6-15-32(24)42(35(26)28)38-39-30-20-22-43-36(30)34(40-38)29-14-8-13-27-25-12-5-7-16-33(25)44-37(27)29/h1-22H. The molecule has 5 nitrogen and oxygen atoms in total. The van der Waals surface area contributed by atoms with Gasteiger partial charge in [-0.3, -0.25) is 4.57 Å². The van der Waals surface area contributed by atoms with E-state index in [4.69, 9.17) is 14.4 Å². The van der Waals surface area contributed by atoms with Gasteiger partial charge in [0, 0.05) is 59.8 Å². The fourth-order valence-corrected chi connectivity index (χ4v) is 7.98. The Labute approximate surface area is 254 Å². The van der Waals surface area contributed by atoms with E-state index in [9.17, 15) is 0 Å². The maximum Gasteiger partial charge on any atom is 0.236 e. The van der Waals surface area contributed by atoms with Gasteiger partial charge in [-0.25, -0.2) is 9.97 Å². The second kappa shape index (κ2) is 8.89. The largest absolute Gasteiger partial charge is 0.460 e. The number of hydrogen-bond acceptors (Lipinski definition) is 4. The quantitative estimate of drug-likeness (QED) is 0.208. The van der Waals surface area contributed by atoms with Crippen molar-refractivity contribution in [1.29, 1.82) is 0 Å². The number of fused-ring (bicyclic) bond motifs is 9. The van der Waals surface area contributed by atoms with Gasteiger partial charge in [0.25, 0.3) is 0 Å². The number of furan rings is 1. The van der Waals surface area contributed by atoms with Crippen molar-refractivity contribution in [3.05, 3.63) is 134 Å². The molecule has 0 saturated carbocycles. The van der Waals surface area contributed by atoms with E-state index in [1.807, 2.05) is 12.1 Å². The Bertz CT molecular complexity index is 2730. The van der Waals surface area contributed by atoms with Gasteiger partial charge < -0.3 is 8.98 Å². The first-order chi connectivity index (χ1) is 21.8. The van der Waals surface area contributed by atoms with E-state index in [1.165, 1.54) is 30.9 Å². The van der Waals surface area contributed by atoms with Gasteiger partial charge >= 0.3 is 0 Å². The third kappa shape index (κ3) is 3.23. The second-order valence-corrected chi connectivity index (χ2v) is 12.1. The number of para-hydroxylation sites is 2. The van der Waals surface area contributed by atoms with Gasteiger partial charge in [-0.2, -0.15) is 0 Å². The van der Waals surface area contributed by atoms with E-state index in [0.717, 1.165) is 44.4 Å². The van der Waals surface area contributed by atoms with Crippen LogP contribution in [0.4, 0.5) is 0 Å². The van der Waals surface area contributed by atoms with Crippen molar-refractivity contribution in [2.24, 2.45) is 0 Å². The molecule has 0 aliphatic rings. The maximum atomic E-state index is 6.06. The first kappa shape index (κ1) is 23.8. The van der Waals surface area contributed by atoms with Crippen LogP contribution in [0.25, 0.3) is 86.9 Å². The van der Waals surface area contributed by atoms with Crippen LogP contribution in [0.2, 0.25) is 0 Å². The highest BCUT2D eigenvalue weighted by Gasteiger charge is 2.22. The van der Waals surface area contributed by atoms with Gasteiger partial charge in [0.15, 0.2) is 5.58 Å². The lowest BCUT2D eigenvalue weighted by Gasteiger charge is -2.11. The summed E-state index contributed by atoms with van der Waals surface area (Å²) in [4.78, 5) is 10.4. The normalized spacial score (nSPS) is 12.1. The maximum absolute atomic E-state index is 6.06. The summed E-state index contributed by atoms with van der Waals surface area (Å²) < 4.78 is 13.0. The molecule has 0 radical (unpaired) electrons. The minimum absolute atomic E-state index is 0.623. The van der Waals surface area contributed by atoms with E-state index in [1.54, 1.807) is 17.6 Å². The summed E-state index contributed by atoms with van der Waals surface area (Å²) in [7, 11) is 0. The average Bonchev–Trinajstić information content (AvgIpc) is 3.87. The number of rotatable bonds is 3. The lowest BCUT2D eigenvalue weighted by atomic mass is 10.1. The minimum Gasteiger partial charge on any atom is -0.460 e. The van der Waals surface area contributed by atoms with Crippen LogP contribution >= 0.6 is 11.3 Å². The van der Waals surface area contributed by atoms with Crippen molar-refractivity contribution in [3.8, 4) is 22.9 Å². The highest BCUT2D eigenvalue weighted by atomic mass is 32.1. The molecule has 10 rings (SSSR count). The van der Waals surface area contributed by atoms with E-state index in [2.05, 4.69) is 125 Å². The van der Waals surface area contributed by atoms with E-state index >= 15 is 0 Å². The Kier molecular flexibility index (Phi) is 4.81. The Hall–Kier alpha value is -5.72. The molecule has 6 heteroatoms. The third-order valence-corrected chi connectivity index (χ3v) is 9.91. The number of aromatic nitrogens is 4. The van der Waals surface area contributed by atoms with Crippen LogP contribution in [0.15, 0.2) is 138 Å². The molecular formula is C38H22N4OS. The van der Waals surface area contributed by atoms with Crippen LogP contribution < -0.4 is 0 Å². The predicted molar refractivity (Wildman–Crippen MR) is 181 cm³/mol. The van der Waals surface area contributed by atoms with Gasteiger partial charge in [0.1, 0.15) is 11.2 Å². The summed E-state index contributed by atoms with van der Waals surface area (Å²) in [6.45, 7) is 0. The van der Waals surface area contributed by atoms with E-state index < -0.39 is 0 Å². The van der Waals surface area contributed by atoms with Crippen molar-refractivity contribution in [2.75, 3.05) is 0 Å². The van der Waals surface area contributed by atoms with Gasteiger partial charge in [-0.1, -0.05) is 78.9 Å². The zero-order valence-electron chi connectivity index (χ0n) is 23.3. The molecular weight excluding hydrogens is 561 g/mol. The first-order valence-electron chi connectivity index (χ1n) is 14.6. The van der Waals surface area contributed by atoms with Crippen molar-refractivity contribution < 1.29 is 4.42 Å². The zero-order valence-corrected chi connectivity index (χ0v) is 24.1. The molecule has 0 N–H and O–H groups in total. The number of benzene rings is 5. The number of thiophene rings is 1. The molecule has 10 aromatic rings. The van der Waals surface area contributed by atoms with Gasteiger partial charge in [-0.15, -0.1) is 11.3 Å². The monoisotopic (exact) mass is 582 g/mol. The predicted octanol–water partition coefficient (Wildman–Crippen LogP) is 10.3. The van der Waals surface area contributed by atoms with Gasteiger partial charge in [0.05, 0.1) is 22.8 Å². The summed E-state index contributed by atoms with van der Waals surface area (Å²) in [6.07, 6.45) is 3.86. The van der Waals surface area contributed by atoms with Gasteiger partial charge in [0.2, 0.25) is 5.95 Å². The van der Waals surface area contributed by atoms with Crippen LogP contribution in [-0.4, -0.2) is 19.1 Å². The molecule has 5 heterocycles. The summed E-state index contributed by atoms with van der Waals surface area (Å²) in [5, 5.41) is 5.96. The highest BCUT2D eigenvalue weighted by Crippen LogP contribution is 2.42. The SMILES string of the molecule is c1ccc(-n2ccc3c2ccc2c4ccccc4n(-c4nc(-c5cccc6c5sc5ccccc56)c5occc5n4)c23)cc1. The van der Waals surface area contributed by atoms with Crippen LogP contribution in [0, 0.1) is 0 Å². The van der Waals surface area contributed by atoms with Crippen LogP contribution in [0.1, 0.15) is 0 Å². The number of hydrogen-bond donors (Lipinski definition) is 0. The Morgan fingerprint density at radius 1 is 0.591 bits per heavy atom. The smallest absolute Gasteiger partial charge is 0.236 e. The molecule has 0 bridgehead atoms. The highest BCUT2D eigenvalue weighted by molar-refractivity contribution is 7.26. The molecule has 5 aromatic heterocycles. The lowest BCUT2D eigenvalue weighted by Crippen LogP contribution is -2.03. The molecule has 0 amide bonds. The molecule has 0 aliphatic carbocycles. The minimum atomic E-state index is 0.623. The number of nitrogens with zero attached hydrogens (tertiary/aromatic N) is 4. The fraction of sp³-hybridized carbons (Fsp3) is 0. The van der Waals surface area contributed by atoms with Crippen LogP contribution in [0.5, 0.6) is 0 Å². The van der Waals surface area contributed by atoms with E-state index in [-0.39, 0.29) is 0 Å². The fourth-order valence-electron chi connectivity index (χ4n) is 6.77. The summed E-state index contributed by atoms with van der Waals surface area (Å²) >= 11 is 1.79. The molecule has 206 valence electrons. The zero-order chi connectivity index (χ0) is 28.8. The van der Waals surface area contributed by atoms with Crippen LogP contribution in [0.3, 0.4) is 0 Å². The molecule has 0 atom stereocenters. The third-order valence-electron chi connectivity index (χ3n) is 8.69. The second-order valence-electron chi connectivity index (χ2n) is 11.1. The topological polar surface area (TPSA) is 48.8 Å². The van der Waals surface area contributed by atoms with Crippen molar-refractivity contribution in [3.63, 3.8) is 0 Å². The average molecular weight is 583 g/mol. The molecule has 0 spiro atoms. The Morgan fingerprint density at radius 3 is 2.34 bits per heavy atom. The summed E-state index contributed by atoms with van der Waals surface area (Å²) in [5.41, 5.74) is 7.73. The first-order valence-corrected chi connectivity index (χ1v) is 15.4. The molecule has 0 saturated heterocycles. The molecule has 0 aliphatic heterocycles. The molecule has 5 aromatic carbocycles. The molecule has 44 heavy (non-hydrogen) atoms. The molecule has 0 fully saturated rings. The van der Waals surface area contributed by atoms with Crippen LogP contribution in [-0.2, 0) is 0 Å². The van der Waals surface area contributed by atoms with Crippen molar-refractivity contribution in [1.82, 2.24) is 19.1 Å². The summed E-state index contributed by atoms with van der Waals surface area (Å²) in [5.74, 6) is 0.623. The Balaban J connectivity index is 1.31. The molecule has 0 unspecified atom stereocenters. The van der Waals surface area contributed by atoms with Gasteiger partial charge in [-0.05, 0) is 36.4 Å².